The standard InChI is InChI=1S/C11H14F2/c1-7-5-6-8(12)9(10(7)13)11(2,3)4/h5-6H,1-4H3. The first-order valence-corrected chi connectivity index (χ1v) is 4.29. The summed E-state index contributed by atoms with van der Waals surface area (Å²) in [6.07, 6.45) is 0. The molecule has 0 atom stereocenters. The lowest BCUT2D eigenvalue weighted by molar-refractivity contribution is 0.472. The van der Waals surface area contributed by atoms with Crippen LogP contribution in [0.5, 0.6) is 0 Å². The normalized spacial score (nSPS) is 11.8. The smallest absolute Gasteiger partial charge is 0.132 e. The number of halogens is 2. The van der Waals surface area contributed by atoms with E-state index >= 15 is 0 Å². The molecule has 0 aromatic heterocycles. The van der Waals surface area contributed by atoms with Crippen LogP contribution in [0, 0.1) is 18.6 Å². The van der Waals surface area contributed by atoms with E-state index in [1.165, 1.54) is 12.1 Å². The van der Waals surface area contributed by atoms with Gasteiger partial charge in [0.15, 0.2) is 0 Å². The van der Waals surface area contributed by atoms with Gasteiger partial charge in [0.1, 0.15) is 11.6 Å². The van der Waals surface area contributed by atoms with E-state index in [4.69, 9.17) is 0 Å². The molecule has 0 unspecified atom stereocenters. The van der Waals surface area contributed by atoms with Crippen LogP contribution < -0.4 is 0 Å². The van der Waals surface area contributed by atoms with Crippen molar-refractivity contribution in [2.24, 2.45) is 0 Å². The molecule has 0 fully saturated rings. The van der Waals surface area contributed by atoms with Crippen molar-refractivity contribution in [1.29, 1.82) is 0 Å². The van der Waals surface area contributed by atoms with Gasteiger partial charge in [-0.3, -0.25) is 0 Å². The van der Waals surface area contributed by atoms with Crippen molar-refractivity contribution >= 4 is 0 Å². The predicted octanol–water partition coefficient (Wildman–Crippen LogP) is 3.57. The van der Waals surface area contributed by atoms with E-state index in [0.29, 0.717) is 5.56 Å². The molecule has 0 saturated carbocycles. The molecule has 0 bridgehead atoms. The maximum absolute atomic E-state index is 13.5. The summed E-state index contributed by atoms with van der Waals surface area (Å²) in [5.41, 5.74) is 0.180. The first-order valence-electron chi connectivity index (χ1n) is 4.29. The first-order chi connectivity index (χ1) is 5.84. The molecule has 0 aliphatic heterocycles. The summed E-state index contributed by atoms with van der Waals surface area (Å²) in [7, 11) is 0. The number of hydrogen-bond donors (Lipinski definition) is 0. The molecule has 0 nitrogen and oxygen atoms in total. The Morgan fingerprint density at radius 1 is 1.08 bits per heavy atom. The third-order valence-electron chi connectivity index (χ3n) is 2.03. The van der Waals surface area contributed by atoms with Crippen LogP contribution in [0.2, 0.25) is 0 Å². The summed E-state index contributed by atoms with van der Waals surface area (Å²) in [6, 6.07) is 2.78. The van der Waals surface area contributed by atoms with Gasteiger partial charge in [-0.25, -0.2) is 8.78 Å². The van der Waals surface area contributed by atoms with Gasteiger partial charge in [-0.1, -0.05) is 26.8 Å². The molecule has 0 radical (unpaired) electrons. The van der Waals surface area contributed by atoms with Gasteiger partial charge in [0, 0.05) is 5.56 Å². The van der Waals surface area contributed by atoms with Crippen LogP contribution in [0.1, 0.15) is 31.9 Å². The Hall–Kier alpha value is -0.920. The van der Waals surface area contributed by atoms with Crippen molar-refractivity contribution < 1.29 is 8.78 Å². The van der Waals surface area contributed by atoms with E-state index in [0.717, 1.165) is 0 Å². The molecule has 2 heteroatoms. The minimum Gasteiger partial charge on any atom is -0.207 e. The lowest BCUT2D eigenvalue weighted by Crippen LogP contribution is -2.16. The van der Waals surface area contributed by atoms with Gasteiger partial charge in [-0.2, -0.15) is 0 Å². The third-order valence-corrected chi connectivity index (χ3v) is 2.03. The average molecular weight is 184 g/mol. The summed E-state index contributed by atoms with van der Waals surface area (Å²) in [6.45, 7) is 7.04. The molecule has 0 aliphatic rings. The zero-order chi connectivity index (χ0) is 10.2. The lowest BCUT2D eigenvalue weighted by atomic mass is 9.85. The first kappa shape index (κ1) is 10.2. The third kappa shape index (κ3) is 1.87. The summed E-state index contributed by atoms with van der Waals surface area (Å²) >= 11 is 0. The fourth-order valence-corrected chi connectivity index (χ4v) is 1.34. The van der Waals surface area contributed by atoms with Gasteiger partial charge in [-0.05, 0) is 24.0 Å². The van der Waals surface area contributed by atoms with E-state index in [9.17, 15) is 8.78 Å². The SMILES string of the molecule is Cc1ccc(F)c(C(C)(C)C)c1F. The average Bonchev–Trinajstić information content (AvgIpc) is 1.95. The van der Waals surface area contributed by atoms with E-state index in [2.05, 4.69) is 0 Å². The summed E-state index contributed by atoms with van der Waals surface area (Å²) in [5.74, 6) is -0.886. The summed E-state index contributed by atoms with van der Waals surface area (Å²) < 4.78 is 26.8. The van der Waals surface area contributed by atoms with Crippen LogP contribution in [0.15, 0.2) is 12.1 Å². The molecular weight excluding hydrogens is 170 g/mol. The molecule has 0 amide bonds. The van der Waals surface area contributed by atoms with Crippen LogP contribution in [0.25, 0.3) is 0 Å². The minimum atomic E-state index is -0.486. The van der Waals surface area contributed by atoms with E-state index < -0.39 is 17.0 Å². The lowest BCUT2D eigenvalue weighted by Gasteiger charge is -2.21. The summed E-state index contributed by atoms with van der Waals surface area (Å²) in [5, 5.41) is 0. The zero-order valence-electron chi connectivity index (χ0n) is 8.41. The Morgan fingerprint density at radius 2 is 1.62 bits per heavy atom. The fourth-order valence-electron chi connectivity index (χ4n) is 1.34. The maximum Gasteiger partial charge on any atom is 0.132 e. The van der Waals surface area contributed by atoms with Crippen LogP contribution in [-0.4, -0.2) is 0 Å². The second kappa shape index (κ2) is 3.09. The highest BCUT2D eigenvalue weighted by Crippen LogP contribution is 2.29. The molecule has 72 valence electrons. The molecule has 0 spiro atoms. The van der Waals surface area contributed by atoms with Gasteiger partial charge in [0.2, 0.25) is 0 Å². The quantitative estimate of drug-likeness (QED) is 0.578. The van der Waals surface area contributed by atoms with Crippen molar-refractivity contribution in [2.75, 3.05) is 0 Å². The van der Waals surface area contributed by atoms with E-state index in [-0.39, 0.29) is 5.56 Å². The molecule has 0 heterocycles. The number of benzene rings is 1. The Labute approximate surface area is 77.6 Å². The van der Waals surface area contributed by atoms with Crippen LogP contribution in [0.3, 0.4) is 0 Å². The molecule has 0 saturated heterocycles. The zero-order valence-corrected chi connectivity index (χ0v) is 8.41. The van der Waals surface area contributed by atoms with Crippen LogP contribution in [-0.2, 0) is 5.41 Å². The second-order valence-corrected chi connectivity index (χ2v) is 4.30. The molecule has 13 heavy (non-hydrogen) atoms. The highest BCUT2D eigenvalue weighted by Gasteiger charge is 2.23. The Bertz CT molecular complexity index is 322. The molecule has 1 aromatic rings. The van der Waals surface area contributed by atoms with E-state index in [1.807, 2.05) is 0 Å². The van der Waals surface area contributed by atoms with Crippen molar-refractivity contribution in [3.05, 3.63) is 34.9 Å². The van der Waals surface area contributed by atoms with Gasteiger partial charge < -0.3 is 0 Å². The topological polar surface area (TPSA) is 0 Å². The van der Waals surface area contributed by atoms with Gasteiger partial charge in [0.25, 0.3) is 0 Å². The summed E-state index contributed by atoms with van der Waals surface area (Å²) in [4.78, 5) is 0. The van der Waals surface area contributed by atoms with Gasteiger partial charge in [0.05, 0.1) is 0 Å². The van der Waals surface area contributed by atoms with Gasteiger partial charge >= 0.3 is 0 Å². The largest absolute Gasteiger partial charge is 0.207 e. The Balaban J connectivity index is 3.43. The van der Waals surface area contributed by atoms with Crippen LogP contribution in [0.4, 0.5) is 8.78 Å². The molecular formula is C11H14F2. The maximum atomic E-state index is 13.5. The predicted molar refractivity (Wildman–Crippen MR) is 49.8 cm³/mol. The van der Waals surface area contributed by atoms with Crippen molar-refractivity contribution in [3.8, 4) is 0 Å². The van der Waals surface area contributed by atoms with Crippen molar-refractivity contribution in [1.82, 2.24) is 0 Å². The monoisotopic (exact) mass is 184 g/mol. The number of aryl methyl sites for hydroxylation is 1. The van der Waals surface area contributed by atoms with Crippen molar-refractivity contribution in [2.45, 2.75) is 33.1 Å². The Kier molecular flexibility index (Phi) is 2.42. The number of hydrogen-bond acceptors (Lipinski definition) is 0. The van der Waals surface area contributed by atoms with Crippen molar-refractivity contribution in [3.63, 3.8) is 0 Å². The van der Waals surface area contributed by atoms with Crippen LogP contribution >= 0.6 is 0 Å². The molecule has 0 N–H and O–H groups in total. The van der Waals surface area contributed by atoms with Gasteiger partial charge in [-0.15, -0.1) is 0 Å². The molecule has 1 aromatic carbocycles. The van der Waals surface area contributed by atoms with E-state index in [1.54, 1.807) is 27.7 Å². The highest BCUT2D eigenvalue weighted by molar-refractivity contribution is 5.31. The number of rotatable bonds is 0. The fraction of sp³-hybridized carbons (Fsp3) is 0.455. The Morgan fingerprint density at radius 3 is 2.00 bits per heavy atom. The molecule has 1 rings (SSSR count). The molecule has 0 aliphatic carbocycles. The highest BCUT2D eigenvalue weighted by atomic mass is 19.1. The minimum absolute atomic E-state index is 0.174. The second-order valence-electron chi connectivity index (χ2n) is 4.30.